The average Bonchev–Trinajstić information content (AvgIpc) is 2.43. The molecule has 118 valence electrons. The normalized spacial score (nSPS) is 22.3. The molecule has 0 heterocycles. The summed E-state index contributed by atoms with van der Waals surface area (Å²) in [7, 11) is 1.69. The van der Waals surface area contributed by atoms with E-state index < -0.39 is 0 Å². The van der Waals surface area contributed by atoms with Crippen molar-refractivity contribution in [3.05, 3.63) is 26.6 Å². The Labute approximate surface area is 145 Å². The van der Waals surface area contributed by atoms with Gasteiger partial charge in [0.15, 0.2) is 0 Å². The van der Waals surface area contributed by atoms with Crippen molar-refractivity contribution >= 4 is 31.9 Å². The van der Waals surface area contributed by atoms with Crippen LogP contribution in [0.3, 0.4) is 0 Å². The summed E-state index contributed by atoms with van der Waals surface area (Å²) in [6.45, 7) is 4.41. The largest absolute Gasteiger partial charge is 0.494 e. The summed E-state index contributed by atoms with van der Waals surface area (Å²) in [5.41, 5.74) is 1.27. The minimum absolute atomic E-state index is 0.856. The first-order valence-electron chi connectivity index (χ1n) is 7.82. The minimum atomic E-state index is 0.856. The number of nitrogens with one attached hydrogen (secondary N) is 1. The second-order valence-electron chi connectivity index (χ2n) is 6.20. The van der Waals surface area contributed by atoms with Crippen LogP contribution in [0.2, 0.25) is 0 Å². The third-order valence-electron chi connectivity index (χ3n) is 4.37. The molecule has 0 radical (unpaired) electrons. The molecule has 1 aliphatic rings. The molecule has 1 aromatic rings. The van der Waals surface area contributed by atoms with E-state index >= 15 is 0 Å². The van der Waals surface area contributed by atoms with Crippen LogP contribution < -0.4 is 10.1 Å². The number of ether oxygens (including phenoxy) is 1. The van der Waals surface area contributed by atoms with Crippen molar-refractivity contribution in [2.75, 3.05) is 13.7 Å². The lowest BCUT2D eigenvalue weighted by Gasteiger charge is -2.26. The highest BCUT2D eigenvalue weighted by Crippen LogP contribution is 2.34. The molecule has 1 aliphatic carbocycles. The molecule has 2 unspecified atom stereocenters. The lowest BCUT2D eigenvalue weighted by atomic mass is 9.81. The van der Waals surface area contributed by atoms with Gasteiger partial charge >= 0.3 is 0 Å². The molecule has 2 rings (SSSR count). The van der Waals surface area contributed by atoms with Gasteiger partial charge in [-0.15, -0.1) is 0 Å². The molecular weight excluding hydrogens is 394 g/mol. The van der Waals surface area contributed by atoms with Gasteiger partial charge in [-0.1, -0.05) is 26.2 Å². The molecule has 1 N–H and O–H groups in total. The fraction of sp³-hybridized carbons (Fsp3) is 0.647. The highest BCUT2D eigenvalue weighted by Gasteiger charge is 2.18. The topological polar surface area (TPSA) is 21.3 Å². The first-order chi connectivity index (χ1) is 10.1. The molecule has 1 fully saturated rings. The van der Waals surface area contributed by atoms with Crippen LogP contribution in [0.25, 0.3) is 0 Å². The van der Waals surface area contributed by atoms with Gasteiger partial charge in [-0.05, 0) is 80.8 Å². The molecule has 4 heteroatoms. The molecule has 0 bridgehead atoms. The van der Waals surface area contributed by atoms with Crippen molar-refractivity contribution in [3.63, 3.8) is 0 Å². The number of hydrogen-bond acceptors (Lipinski definition) is 2. The van der Waals surface area contributed by atoms with Crippen molar-refractivity contribution in [1.82, 2.24) is 5.32 Å². The Morgan fingerprint density at radius 2 is 1.95 bits per heavy atom. The Morgan fingerprint density at radius 3 is 2.57 bits per heavy atom. The second-order valence-corrected chi connectivity index (χ2v) is 7.90. The van der Waals surface area contributed by atoms with Crippen LogP contribution in [0.15, 0.2) is 21.1 Å². The van der Waals surface area contributed by atoms with Crippen LogP contribution in [0.4, 0.5) is 0 Å². The Morgan fingerprint density at radius 1 is 1.24 bits per heavy atom. The van der Waals surface area contributed by atoms with E-state index in [0.29, 0.717) is 0 Å². The van der Waals surface area contributed by atoms with Crippen molar-refractivity contribution in [3.8, 4) is 5.75 Å². The summed E-state index contributed by atoms with van der Waals surface area (Å²) in [6.07, 6.45) is 7.00. The maximum Gasteiger partial charge on any atom is 0.147 e. The zero-order valence-electron chi connectivity index (χ0n) is 12.9. The fourth-order valence-corrected chi connectivity index (χ4v) is 4.88. The molecule has 1 saturated carbocycles. The number of rotatable bonds is 6. The third-order valence-corrected chi connectivity index (χ3v) is 5.54. The van der Waals surface area contributed by atoms with E-state index in [1.165, 1.54) is 37.7 Å². The van der Waals surface area contributed by atoms with Crippen LogP contribution in [-0.2, 0) is 6.54 Å². The first-order valence-corrected chi connectivity index (χ1v) is 9.41. The van der Waals surface area contributed by atoms with Gasteiger partial charge in [0.1, 0.15) is 5.75 Å². The predicted octanol–water partition coefficient (Wildman–Crippen LogP) is 5.53. The van der Waals surface area contributed by atoms with Gasteiger partial charge in [0.2, 0.25) is 0 Å². The monoisotopic (exact) mass is 417 g/mol. The molecule has 2 atom stereocenters. The second kappa shape index (κ2) is 8.54. The van der Waals surface area contributed by atoms with Crippen LogP contribution in [0.1, 0.15) is 44.6 Å². The third kappa shape index (κ3) is 5.26. The highest BCUT2D eigenvalue weighted by atomic mass is 79.9. The zero-order chi connectivity index (χ0) is 15.2. The predicted molar refractivity (Wildman–Crippen MR) is 95.8 cm³/mol. The van der Waals surface area contributed by atoms with E-state index in [4.69, 9.17) is 4.74 Å². The quantitative estimate of drug-likeness (QED) is 0.613. The van der Waals surface area contributed by atoms with Crippen LogP contribution in [0.5, 0.6) is 5.75 Å². The van der Waals surface area contributed by atoms with Gasteiger partial charge in [0.05, 0.1) is 16.1 Å². The zero-order valence-corrected chi connectivity index (χ0v) is 16.1. The molecule has 0 aliphatic heterocycles. The van der Waals surface area contributed by atoms with Crippen molar-refractivity contribution in [1.29, 1.82) is 0 Å². The fourth-order valence-electron chi connectivity index (χ4n) is 3.27. The maximum atomic E-state index is 5.33. The van der Waals surface area contributed by atoms with Crippen molar-refractivity contribution < 1.29 is 4.74 Å². The van der Waals surface area contributed by atoms with Crippen molar-refractivity contribution in [2.45, 2.75) is 45.6 Å². The lowest BCUT2D eigenvalue weighted by molar-refractivity contribution is 0.267. The SMILES string of the molecule is COc1c(Br)cc(CNCCC2CCCC(C)C2)cc1Br. The molecule has 0 aromatic heterocycles. The van der Waals surface area contributed by atoms with E-state index in [1.807, 2.05) is 0 Å². The van der Waals surface area contributed by atoms with Gasteiger partial charge in [0.25, 0.3) is 0 Å². The summed E-state index contributed by atoms with van der Waals surface area (Å²) in [6, 6.07) is 4.25. The summed E-state index contributed by atoms with van der Waals surface area (Å²) in [4.78, 5) is 0. The molecular formula is C17H25Br2NO. The van der Waals surface area contributed by atoms with Crippen molar-refractivity contribution in [2.24, 2.45) is 11.8 Å². The Kier molecular flexibility index (Phi) is 7.03. The Balaban J connectivity index is 1.76. The van der Waals surface area contributed by atoms with Crippen LogP contribution in [-0.4, -0.2) is 13.7 Å². The summed E-state index contributed by atoms with van der Waals surface area (Å²) in [5.74, 6) is 2.71. The smallest absolute Gasteiger partial charge is 0.147 e. The van der Waals surface area contributed by atoms with Gasteiger partial charge in [-0.25, -0.2) is 0 Å². The minimum Gasteiger partial charge on any atom is -0.494 e. The lowest BCUT2D eigenvalue weighted by Crippen LogP contribution is -2.21. The molecule has 0 amide bonds. The molecule has 2 nitrogen and oxygen atoms in total. The maximum absolute atomic E-state index is 5.33. The van der Waals surface area contributed by atoms with E-state index in [2.05, 4.69) is 56.2 Å². The molecule has 21 heavy (non-hydrogen) atoms. The first kappa shape index (κ1) is 17.3. The van der Waals surface area contributed by atoms with Gasteiger partial charge in [-0.3, -0.25) is 0 Å². The van der Waals surface area contributed by atoms with Crippen LogP contribution in [0, 0.1) is 11.8 Å². The number of halogens is 2. The molecule has 0 spiro atoms. The number of hydrogen-bond donors (Lipinski definition) is 1. The average molecular weight is 419 g/mol. The highest BCUT2D eigenvalue weighted by molar-refractivity contribution is 9.11. The Bertz CT molecular complexity index is 441. The Hall–Kier alpha value is -0.0600. The van der Waals surface area contributed by atoms with Crippen LogP contribution >= 0.6 is 31.9 Å². The summed E-state index contributed by atoms with van der Waals surface area (Å²) < 4.78 is 7.33. The van der Waals surface area contributed by atoms with E-state index in [0.717, 1.165) is 39.6 Å². The van der Waals surface area contributed by atoms with E-state index in [9.17, 15) is 0 Å². The van der Waals surface area contributed by atoms with Gasteiger partial charge in [-0.2, -0.15) is 0 Å². The van der Waals surface area contributed by atoms with Gasteiger partial charge < -0.3 is 10.1 Å². The molecule has 1 aromatic carbocycles. The van der Waals surface area contributed by atoms with E-state index in [1.54, 1.807) is 7.11 Å². The molecule has 0 saturated heterocycles. The summed E-state index contributed by atoms with van der Waals surface area (Å²) >= 11 is 7.11. The standard InChI is InChI=1S/C17H25Br2NO/c1-12-4-3-5-13(8-12)6-7-20-11-14-9-15(18)17(21-2)16(19)10-14/h9-10,12-13,20H,3-8,11H2,1-2H3. The number of methoxy groups -OCH3 is 1. The van der Waals surface area contributed by atoms with Gasteiger partial charge in [0, 0.05) is 6.54 Å². The number of benzene rings is 1. The van der Waals surface area contributed by atoms with E-state index in [-0.39, 0.29) is 0 Å². The summed E-state index contributed by atoms with van der Waals surface area (Å²) in [5, 5.41) is 3.57.